The average molecular weight is 398 g/mol. The van der Waals surface area contributed by atoms with E-state index in [-0.39, 0.29) is 17.5 Å². The quantitative estimate of drug-likeness (QED) is 0.542. The number of fused-ring (bicyclic) bond motifs is 2. The Balaban J connectivity index is 1.27. The molecule has 0 aromatic heterocycles. The van der Waals surface area contributed by atoms with Crippen LogP contribution >= 0.6 is 0 Å². The minimum Gasteiger partial charge on any atom is -0.358 e. The lowest BCUT2D eigenvalue weighted by atomic mass is 9.83. The van der Waals surface area contributed by atoms with Crippen molar-refractivity contribution in [2.24, 2.45) is 0 Å². The van der Waals surface area contributed by atoms with E-state index in [9.17, 15) is 4.79 Å². The van der Waals surface area contributed by atoms with Gasteiger partial charge in [-0.05, 0) is 29.5 Å². The zero-order valence-corrected chi connectivity index (χ0v) is 17.2. The number of rotatable bonds is 5. The minimum atomic E-state index is -0.211. The number of benzene rings is 3. The summed E-state index contributed by atoms with van der Waals surface area (Å²) < 4.78 is 6.80. The first-order valence-corrected chi connectivity index (χ1v) is 10.9. The van der Waals surface area contributed by atoms with E-state index in [2.05, 4.69) is 59.5 Å². The third-order valence-corrected chi connectivity index (χ3v) is 6.59. The second kappa shape index (κ2) is 8.17. The summed E-state index contributed by atoms with van der Waals surface area (Å²) in [5, 5.41) is 0. The molecule has 0 N–H and O–H groups in total. The molecule has 0 radical (unpaired) electrons. The normalized spacial score (nSPS) is 20.2. The van der Waals surface area contributed by atoms with Crippen molar-refractivity contribution in [3.8, 4) is 0 Å². The van der Waals surface area contributed by atoms with Gasteiger partial charge in [-0.25, -0.2) is 0 Å². The van der Waals surface area contributed by atoms with Gasteiger partial charge in [0, 0.05) is 31.6 Å². The van der Waals surface area contributed by atoms with E-state index >= 15 is 0 Å². The van der Waals surface area contributed by atoms with E-state index < -0.39 is 0 Å². The van der Waals surface area contributed by atoms with Gasteiger partial charge in [0.1, 0.15) is 6.10 Å². The summed E-state index contributed by atoms with van der Waals surface area (Å²) >= 11 is 0. The highest BCUT2D eigenvalue weighted by atomic mass is 16.5. The van der Waals surface area contributed by atoms with Gasteiger partial charge in [-0.3, -0.25) is 4.79 Å². The third-order valence-electron chi connectivity index (χ3n) is 6.59. The van der Waals surface area contributed by atoms with Crippen molar-refractivity contribution >= 4 is 5.78 Å². The molecule has 1 atom stereocenters. The average Bonchev–Trinajstić information content (AvgIpc) is 3.14. The molecule has 2 heterocycles. The Kier molecular flexibility index (Phi) is 5.24. The molecule has 30 heavy (non-hydrogen) atoms. The molecule has 152 valence electrons. The molecule has 3 aromatic rings. The van der Waals surface area contributed by atoms with Crippen LogP contribution in [0.4, 0.5) is 0 Å². The number of hydrogen-bond donors (Lipinski definition) is 0. The number of likely N-dealkylation sites (tertiary alicyclic amines) is 1. The third kappa shape index (κ3) is 3.60. The van der Waals surface area contributed by atoms with Gasteiger partial charge in [0.15, 0.2) is 5.78 Å². The number of carbonyl (C=O) groups excluding carboxylic acids is 1. The summed E-state index contributed by atoms with van der Waals surface area (Å²) in [6.07, 6.45) is 2.51. The van der Waals surface area contributed by atoms with Crippen molar-refractivity contribution in [2.75, 3.05) is 19.6 Å². The Hall–Kier alpha value is -2.75. The Bertz CT molecular complexity index is 1010. The van der Waals surface area contributed by atoms with E-state index in [1.165, 1.54) is 16.7 Å². The van der Waals surface area contributed by atoms with Crippen LogP contribution in [0.1, 0.15) is 52.4 Å². The van der Waals surface area contributed by atoms with Crippen LogP contribution in [0.5, 0.6) is 0 Å². The van der Waals surface area contributed by atoms with Crippen LogP contribution in [-0.2, 0) is 10.3 Å². The van der Waals surface area contributed by atoms with Crippen LogP contribution in [0, 0.1) is 0 Å². The van der Waals surface area contributed by atoms with Crippen molar-refractivity contribution in [1.82, 2.24) is 4.90 Å². The predicted octanol–water partition coefficient (Wildman–Crippen LogP) is 5.37. The van der Waals surface area contributed by atoms with Gasteiger partial charge in [0.05, 0.1) is 5.60 Å². The largest absolute Gasteiger partial charge is 0.358 e. The lowest BCUT2D eigenvalue weighted by Crippen LogP contribution is -2.43. The second-order valence-corrected chi connectivity index (χ2v) is 8.37. The molecule has 2 aliphatic rings. The van der Waals surface area contributed by atoms with E-state index in [4.69, 9.17) is 4.74 Å². The van der Waals surface area contributed by atoms with Gasteiger partial charge >= 0.3 is 0 Å². The Labute approximate surface area is 178 Å². The first-order chi connectivity index (χ1) is 14.8. The summed E-state index contributed by atoms with van der Waals surface area (Å²) in [7, 11) is 0. The standard InChI is InChI=1S/C27H27NO2/c29-25(21-9-3-1-4-10-21)15-18-28-19-16-27(17-20-28)24-14-8-7-13-23(24)26(30-27)22-11-5-2-6-12-22/h1-14,26H,15-20H2. The lowest BCUT2D eigenvalue weighted by Gasteiger charge is -2.39. The zero-order valence-electron chi connectivity index (χ0n) is 17.2. The molecule has 3 heteroatoms. The number of ether oxygens (including phenoxy) is 1. The topological polar surface area (TPSA) is 29.5 Å². The van der Waals surface area contributed by atoms with Crippen molar-refractivity contribution in [1.29, 1.82) is 0 Å². The Morgan fingerprint density at radius 3 is 2.23 bits per heavy atom. The van der Waals surface area contributed by atoms with Crippen LogP contribution in [0.15, 0.2) is 84.9 Å². The van der Waals surface area contributed by atoms with Crippen molar-refractivity contribution in [3.63, 3.8) is 0 Å². The van der Waals surface area contributed by atoms with Crippen molar-refractivity contribution < 1.29 is 9.53 Å². The molecular formula is C27H27NO2. The molecule has 0 amide bonds. The fourth-order valence-electron chi connectivity index (χ4n) is 4.92. The van der Waals surface area contributed by atoms with E-state index in [0.29, 0.717) is 6.42 Å². The molecule has 5 rings (SSSR count). The Morgan fingerprint density at radius 2 is 1.50 bits per heavy atom. The highest BCUT2D eigenvalue weighted by Gasteiger charge is 2.46. The summed E-state index contributed by atoms with van der Waals surface area (Å²) in [6, 6.07) is 28.8. The first-order valence-electron chi connectivity index (χ1n) is 10.9. The molecule has 2 aliphatic heterocycles. The highest BCUT2D eigenvalue weighted by molar-refractivity contribution is 5.96. The number of hydrogen-bond acceptors (Lipinski definition) is 3. The van der Waals surface area contributed by atoms with Gasteiger partial charge in [-0.1, -0.05) is 84.9 Å². The maximum atomic E-state index is 12.4. The number of Topliss-reactive ketones (excluding diaryl/α,β-unsaturated/α-hetero) is 1. The van der Waals surface area contributed by atoms with E-state index in [0.717, 1.165) is 38.0 Å². The fourth-order valence-corrected chi connectivity index (χ4v) is 4.92. The Morgan fingerprint density at radius 1 is 0.867 bits per heavy atom. The molecule has 1 saturated heterocycles. The summed E-state index contributed by atoms with van der Waals surface area (Å²) in [4.78, 5) is 14.9. The van der Waals surface area contributed by atoms with Crippen LogP contribution in [-0.4, -0.2) is 30.3 Å². The number of piperidine rings is 1. The predicted molar refractivity (Wildman–Crippen MR) is 119 cm³/mol. The molecule has 1 spiro atoms. The summed E-state index contributed by atoms with van der Waals surface area (Å²) in [5.74, 6) is 0.225. The molecule has 0 aliphatic carbocycles. The fraction of sp³-hybridized carbons (Fsp3) is 0.296. The monoisotopic (exact) mass is 397 g/mol. The van der Waals surface area contributed by atoms with Gasteiger partial charge in [0.2, 0.25) is 0 Å². The van der Waals surface area contributed by atoms with Crippen LogP contribution < -0.4 is 0 Å². The minimum absolute atomic E-state index is 0.00797. The zero-order chi connectivity index (χ0) is 20.4. The van der Waals surface area contributed by atoms with Crippen LogP contribution in [0.2, 0.25) is 0 Å². The highest BCUT2D eigenvalue weighted by Crippen LogP contribution is 2.51. The van der Waals surface area contributed by atoms with E-state index in [1.807, 2.05) is 30.3 Å². The molecule has 1 unspecified atom stereocenters. The van der Waals surface area contributed by atoms with Crippen molar-refractivity contribution in [3.05, 3.63) is 107 Å². The number of nitrogens with zero attached hydrogens (tertiary/aromatic N) is 1. The summed E-state index contributed by atoms with van der Waals surface area (Å²) in [5.41, 5.74) is 4.47. The van der Waals surface area contributed by atoms with E-state index in [1.54, 1.807) is 0 Å². The maximum Gasteiger partial charge on any atom is 0.164 e. The molecule has 3 nitrogen and oxygen atoms in total. The van der Waals surface area contributed by atoms with Gasteiger partial charge in [-0.2, -0.15) is 0 Å². The maximum absolute atomic E-state index is 12.4. The van der Waals surface area contributed by atoms with Gasteiger partial charge < -0.3 is 9.64 Å². The van der Waals surface area contributed by atoms with Crippen molar-refractivity contribution in [2.45, 2.75) is 31.0 Å². The molecule has 0 saturated carbocycles. The SMILES string of the molecule is O=C(CCN1CCC2(CC1)OC(c1ccccc1)c1ccccc12)c1ccccc1. The molecular weight excluding hydrogens is 370 g/mol. The van der Waals surface area contributed by atoms with Gasteiger partial charge in [-0.15, -0.1) is 0 Å². The molecule has 1 fully saturated rings. The molecule has 0 bridgehead atoms. The van der Waals surface area contributed by atoms with Gasteiger partial charge in [0.25, 0.3) is 0 Å². The lowest BCUT2D eigenvalue weighted by molar-refractivity contribution is -0.0966. The smallest absolute Gasteiger partial charge is 0.164 e. The summed E-state index contributed by atoms with van der Waals surface area (Å²) in [6.45, 7) is 2.73. The number of ketones is 1. The first kappa shape index (κ1) is 19.2. The second-order valence-electron chi connectivity index (χ2n) is 8.37. The molecule has 3 aromatic carbocycles. The van der Waals surface area contributed by atoms with Crippen LogP contribution in [0.3, 0.4) is 0 Å². The number of carbonyl (C=O) groups is 1. The van der Waals surface area contributed by atoms with Crippen LogP contribution in [0.25, 0.3) is 0 Å².